The van der Waals surface area contributed by atoms with E-state index in [-0.39, 0.29) is 12.4 Å². The number of hydrogen-bond donors (Lipinski definition) is 2. The van der Waals surface area contributed by atoms with Crippen molar-refractivity contribution in [3.8, 4) is 0 Å². The van der Waals surface area contributed by atoms with Crippen LogP contribution in [0.25, 0.3) is 0 Å². The minimum Gasteiger partial charge on any atom is -0.479 e. The van der Waals surface area contributed by atoms with E-state index in [2.05, 4.69) is 0 Å². The third-order valence-corrected chi connectivity index (χ3v) is 3.56. The van der Waals surface area contributed by atoms with Gasteiger partial charge in [0.05, 0.1) is 5.69 Å². The topological polar surface area (TPSA) is 64.0 Å². The summed E-state index contributed by atoms with van der Waals surface area (Å²) in [5, 5.41) is 18.7. The van der Waals surface area contributed by atoms with Crippen molar-refractivity contribution in [1.82, 2.24) is 4.90 Å². The lowest BCUT2D eigenvalue weighted by molar-refractivity contribution is -0.158. The molecule has 1 heterocycles. The fourth-order valence-corrected chi connectivity index (χ4v) is 2.36. The summed E-state index contributed by atoms with van der Waals surface area (Å²) in [7, 11) is 0. The van der Waals surface area contributed by atoms with Gasteiger partial charge < -0.3 is 15.1 Å². The summed E-state index contributed by atoms with van der Waals surface area (Å²) in [6, 6.07) is 6.61. The van der Waals surface area contributed by atoms with Gasteiger partial charge in [-0.1, -0.05) is 12.1 Å². The Morgan fingerprint density at radius 3 is 2.45 bits per heavy atom. The Labute approximate surface area is 117 Å². The number of halogens is 1. The van der Waals surface area contributed by atoms with Gasteiger partial charge in [-0.25, -0.2) is 9.18 Å². The number of para-hydroxylation sites is 1. The van der Waals surface area contributed by atoms with Crippen LogP contribution in [0.2, 0.25) is 0 Å². The Morgan fingerprint density at radius 2 is 1.90 bits per heavy atom. The molecule has 1 aliphatic rings. The Hall–Kier alpha value is -1.66. The largest absolute Gasteiger partial charge is 0.479 e. The minimum absolute atomic E-state index is 0.0768. The highest BCUT2D eigenvalue weighted by atomic mass is 19.1. The smallest absolute Gasteiger partial charge is 0.336 e. The number of carboxylic acid groups (broad SMARTS) is 1. The number of β-amino-alcohol motifs (C(OH)–C–C–N with tert-alkyl or cyclic N) is 1. The number of piperazine rings is 1. The summed E-state index contributed by atoms with van der Waals surface area (Å²) < 4.78 is 13.7. The maximum atomic E-state index is 13.7. The maximum absolute atomic E-state index is 13.7. The van der Waals surface area contributed by atoms with E-state index in [0.717, 1.165) is 0 Å². The van der Waals surface area contributed by atoms with E-state index in [1.54, 1.807) is 18.2 Å². The van der Waals surface area contributed by atoms with Crippen LogP contribution in [0.15, 0.2) is 24.3 Å². The number of benzene rings is 1. The Morgan fingerprint density at radius 1 is 1.30 bits per heavy atom. The molecule has 1 aromatic carbocycles. The molecule has 6 heteroatoms. The first kappa shape index (κ1) is 14.7. The van der Waals surface area contributed by atoms with Gasteiger partial charge in [-0.2, -0.15) is 0 Å². The van der Waals surface area contributed by atoms with E-state index in [4.69, 9.17) is 5.11 Å². The standard InChI is InChI=1S/C14H19FN2O3/c1-14(20,13(18)19)10-16-6-8-17(9-7-16)12-5-3-2-4-11(12)15/h2-5,20H,6-10H2,1H3,(H,18,19). The SMILES string of the molecule is CC(O)(CN1CCN(c2ccccc2F)CC1)C(=O)O. The highest BCUT2D eigenvalue weighted by molar-refractivity contribution is 5.76. The lowest BCUT2D eigenvalue weighted by atomic mass is 10.1. The molecular formula is C14H19FN2O3. The molecule has 0 aromatic heterocycles. The van der Waals surface area contributed by atoms with Crippen molar-refractivity contribution >= 4 is 11.7 Å². The van der Waals surface area contributed by atoms with Crippen LogP contribution in [0.4, 0.5) is 10.1 Å². The summed E-state index contributed by atoms with van der Waals surface area (Å²) in [5.74, 6) is -1.48. The number of aliphatic hydroxyl groups is 1. The first-order valence-electron chi connectivity index (χ1n) is 6.58. The summed E-state index contributed by atoms with van der Waals surface area (Å²) in [6.07, 6.45) is 0. The maximum Gasteiger partial charge on any atom is 0.336 e. The molecule has 2 N–H and O–H groups in total. The number of anilines is 1. The zero-order valence-corrected chi connectivity index (χ0v) is 11.4. The zero-order chi connectivity index (χ0) is 14.8. The van der Waals surface area contributed by atoms with Crippen molar-refractivity contribution < 1.29 is 19.4 Å². The van der Waals surface area contributed by atoms with Gasteiger partial charge in [0.1, 0.15) is 5.82 Å². The molecule has 0 radical (unpaired) electrons. The molecule has 1 aromatic rings. The van der Waals surface area contributed by atoms with Gasteiger partial charge in [-0.15, -0.1) is 0 Å². The Kier molecular flexibility index (Phi) is 4.25. The first-order valence-corrected chi connectivity index (χ1v) is 6.58. The van der Waals surface area contributed by atoms with Gasteiger partial charge in [0, 0.05) is 32.7 Å². The monoisotopic (exact) mass is 282 g/mol. The second-order valence-electron chi connectivity index (χ2n) is 5.29. The van der Waals surface area contributed by atoms with Crippen LogP contribution < -0.4 is 4.90 Å². The fourth-order valence-electron chi connectivity index (χ4n) is 2.36. The van der Waals surface area contributed by atoms with Crippen molar-refractivity contribution in [2.75, 3.05) is 37.6 Å². The molecule has 1 fully saturated rings. The lowest BCUT2D eigenvalue weighted by Crippen LogP contribution is -2.53. The highest BCUT2D eigenvalue weighted by Crippen LogP contribution is 2.20. The molecule has 110 valence electrons. The second-order valence-corrected chi connectivity index (χ2v) is 5.29. The molecule has 0 saturated carbocycles. The van der Waals surface area contributed by atoms with E-state index in [1.165, 1.54) is 13.0 Å². The molecule has 1 aliphatic heterocycles. The van der Waals surface area contributed by atoms with Gasteiger partial charge in [-0.05, 0) is 19.1 Å². The van der Waals surface area contributed by atoms with Gasteiger partial charge in [0.15, 0.2) is 5.60 Å². The number of hydrogen-bond acceptors (Lipinski definition) is 4. The molecule has 20 heavy (non-hydrogen) atoms. The fraction of sp³-hybridized carbons (Fsp3) is 0.500. The number of rotatable bonds is 4. The van der Waals surface area contributed by atoms with Crippen molar-refractivity contribution in [2.45, 2.75) is 12.5 Å². The number of nitrogens with zero attached hydrogens (tertiary/aromatic N) is 2. The van der Waals surface area contributed by atoms with E-state index in [0.29, 0.717) is 31.9 Å². The summed E-state index contributed by atoms with van der Waals surface area (Å²) in [6.45, 7) is 3.77. The average molecular weight is 282 g/mol. The predicted molar refractivity (Wildman–Crippen MR) is 73.3 cm³/mol. The third kappa shape index (κ3) is 3.26. The van der Waals surface area contributed by atoms with Crippen LogP contribution in [-0.2, 0) is 4.79 Å². The van der Waals surface area contributed by atoms with Crippen molar-refractivity contribution in [2.24, 2.45) is 0 Å². The number of carboxylic acids is 1. The molecule has 1 atom stereocenters. The minimum atomic E-state index is -1.75. The van der Waals surface area contributed by atoms with Crippen LogP contribution in [-0.4, -0.2) is 59.4 Å². The molecular weight excluding hydrogens is 263 g/mol. The van der Waals surface area contributed by atoms with Crippen LogP contribution >= 0.6 is 0 Å². The normalized spacial score (nSPS) is 19.6. The first-order chi connectivity index (χ1) is 9.40. The molecule has 5 nitrogen and oxygen atoms in total. The van der Waals surface area contributed by atoms with Gasteiger partial charge >= 0.3 is 5.97 Å². The Bertz CT molecular complexity index is 485. The van der Waals surface area contributed by atoms with Crippen LogP contribution in [0, 0.1) is 5.82 Å². The summed E-state index contributed by atoms with van der Waals surface area (Å²) >= 11 is 0. The quantitative estimate of drug-likeness (QED) is 0.854. The molecule has 0 spiro atoms. The van der Waals surface area contributed by atoms with E-state index >= 15 is 0 Å². The molecule has 0 bridgehead atoms. The molecule has 0 amide bonds. The Balaban J connectivity index is 1.93. The van der Waals surface area contributed by atoms with E-state index < -0.39 is 11.6 Å². The van der Waals surface area contributed by atoms with Gasteiger partial charge in [0.2, 0.25) is 0 Å². The predicted octanol–water partition coefficient (Wildman–Crippen LogP) is 0.783. The van der Waals surface area contributed by atoms with Crippen molar-refractivity contribution in [3.05, 3.63) is 30.1 Å². The zero-order valence-electron chi connectivity index (χ0n) is 11.4. The third-order valence-electron chi connectivity index (χ3n) is 3.56. The molecule has 0 aliphatic carbocycles. The summed E-state index contributed by atoms with van der Waals surface area (Å²) in [5.41, 5.74) is -1.18. The average Bonchev–Trinajstić information content (AvgIpc) is 2.40. The molecule has 2 rings (SSSR count). The van der Waals surface area contributed by atoms with Crippen molar-refractivity contribution in [3.63, 3.8) is 0 Å². The van der Waals surface area contributed by atoms with Gasteiger partial charge in [-0.3, -0.25) is 4.90 Å². The van der Waals surface area contributed by atoms with Crippen LogP contribution in [0.3, 0.4) is 0 Å². The summed E-state index contributed by atoms with van der Waals surface area (Å²) in [4.78, 5) is 14.7. The number of aliphatic carboxylic acids is 1. The molecule has 1 unspecified atom stereocenters. The van der Waals surface area contributed by atoms with Crippen LogP contribution in [0.1, 0.15) is 6.92 Å². The second kappa shape index (κ2) is 5.76. The highest BCUT2D eigenvalue weighted by Gasteiger charge is 2.33. The van der Waals surface area contributed by atoms with E-state index in [1.807, 2.05) is 9.80 Å². The number of carbonyl (C=O) groups is 1. The van der Waals surface area contributed by atoms with Crippen LogP contribution in [0.5, 0.6) is 0 Å². The lowest BCUT2D eigenvalue weighted by Gasteiger charge is -2.38. The molecule has 1 saturated heterocycles. The van der Waals surface area contributed by atoms with Gasteiger partial charge in [0.25, 0.3) is 0 Å². The van der Waals surface area contributed by atoms with Crippen molar-refractivity contribution in [1.29, 1.82) is 0 Å². The van der Waals surface area contributed by atoms with E-state index in [9.17, 15) is 14.3 Å².